The van der Waals surface area contributed by atoms with Crippen molar-refractivity contribution in [2.45, 2.75) is 13.3 Å². The Kier molecular flexibility index (Phi) is 6.53. The van der Waals surface area contributed by atoms with Crippen LogP contribution in [-0.4, -0.2) is 47.9 Å². The monoisotopic (exact) mass is 206 g/mol. The van der Waals surface area contributed by atoms with Crippen LogP contribution in [0.5, 0.6) is 0 Å². The van der Waals surface area contributed by atoms with Gasteiger partial charge in [-0.25, -0.2) is 0 Å². The molecule has 0 aliphatic rings. The molecule has 0 N–H and O–H groups in total. The summed E-state index contributed by atoms with van der Waals surface area (Å²) in [5.74, 6) is -0.694. The summed E-state index contributed by atoms with van der Waals surface area (Å²) in [5, 5.41) is 0. The van der Waals surface area contributed by atoms with Crippen molar-refractivity contribution in [1.82, 2.24) is 0 Å². The zero-order valence-corrected chi connectivity index (χ0v) is 7.28. The first-order chi connectivity index (χ1) is 6.24. The third-order valence-corrected chi connectivity index (χ3v) is 1.41. The zero-order chi connectivity index (χ0) is 9.68. The second-order valence-corrected chi connectivity index (χ2v) is 2.38. The van der Waals surface area contributed by atoms with E-state index in [1.165, 1.54) is 12.3 Å². The molecule has 4 nitrogen and oxygen atoms in total. The average molecular weight is 206 g/mol. The fourth-order valence-corrected chi connectivity index (χ4v) is 0.867. The predicted octanol–water partition coefficient (Wildman–Crippen LogP) is 0.767. The standard InChI is InChI=1S/C9H10O4.Na.H/c1-2-12-9(11)6-7(10)8-4-3-5-13-8;;/h3-5H,2,6H2,1H3;;. The molecule has 0 unspecified atom stereocenters. The molecule has 5 heteroatoms. The molecule has 0 radical (unpaired) electrons. The van der Waals surface area contributed by atoms with Crippen molar-refractivity contribution in [1.29, 1.82) is 0 Å². The number of carbonyl (C=O) groups excluding carboxylic acids is 2. The third-order valence-electron chi connectivity index (χ3n) is 1.41. The van der Waals surface area contributed by atoms with Gasteiger partial charge in [-0.3, -0.25) is 9.59 Å². The van der Waals surface area contributed by atoms with E-state index < -0.39 is 5.97 Å². The summed E-state index contributed by atoms with van der Waals surface area (Å²) in [5.41, 5.74) is 0. The van der Waals surface area contributed by atoms with Gasteiger partial charge in [0.1, 0.15) is 6.42 Å². The summed E-state index contributed by atoms with van der Waals surface area (Å²) in [4.78, 5) is 22.1. The second-order valence-electron chi connectivity index (χ2n) is 2.38. The summed E-state index contributed by atoms with van der Waals surface area (Å²) in [6.45, 7) is 1.97. The molecule has 0 amide bonds. The van der Waals surface area contributed by atoms with Crippen molar-refractivity contribution in [2.24, 2.45) is 0 Å². The summed E-state index contributed by atoms with van der Waals surface area (Å²) in [6.07, 6.45) is 1.12. The van der Waals surface area contributed by atoms with Gasteiger partial charge < -0.3 is 9.15 Å². The molecule has 0 aliphatic carbocycles. The van der Waals surface area contributed by atoms with Gasteiger partial charge in [-0.15, -0.1) is 0 Å². The normalized spacial score (nSPS) is 8.93. The van der Waals surface area contributed by atoms with Crippen molar-refractivity contribution in [3.63, 3.8) is 0 Å². The number of furan rings is 1. The van der Waals surface area contributed by atoms with Crippen LogP contribution in [0, 0.1) is 0 Å². The Balaban J connectivity index is 0.00000169. The second kappa shape index (κ2) is 6.81. The van der Waals surface area contributed by atoms with Crippen LogP contribution < -0.4 is 0 Å². The molecule has 1 aromatic rings. The summed E-state index contributed by atoms with van der Waals surface area (Å²) < 4.78 is 9.43. The number of Topliss-reactive ketones (excluding diaryl/α,β-unsaturated/α-hetero) is 1. The number of ether oxygens (including phenoxy) is 1. The third kappa shape index (κ3) is 4.09. The number of hydrogen-bond acceptors (Lipinski definition) is 4. The summed E-state index contributed by atoms with van der Waals surface area (Å²) >= 11 is 0. The van der Waals surface area contributed by atoms with Crippen LogP contribution in [0.25, 0.3) is 0 Å². The van der Waals surface area contributed by atoms with Gasteiger partial charge in [0.25, 0.3) is 0 Å². The molecule has 0 aromatic carbocycles. The van der Waals surface area contributed by atoms with Crippen LogP contribution in [0.15, 0.2) is 22.8 Å². The number of ketones is 1. The van der Waals surface area contributed by atoms with Crippen molar-refractivity contribution in [2.75, 3.05) is 6.61 Å². The fourth-order valence-electron chi connectivity index (χ4n) is 0.867. The SMILES string of the molecule is CCOC(=O)CC(=O)c1ccco1.[NaH]. The Morgan fingerprint density at radius 3 is 2.71 bits per heavy atom. The number of hydrogen-bond donors (Lipinski definition) is 0. The molecule has 14 heavy (non-hydrogen) atoms. The first-order valence-electron chi connectivity index (χ1n) is 3.96. The molecule has 0 spiro atoms. The van der Waals surface area contributed by atoms with Crippen LogP contribution >= 0.6 is 0 Å². The van der Waals surface area contributed by atoms with Gasteiger partial charge in [0, 0.05) is 0 Å². The zero-order valence-electron chi connectivity index (χ0n) is 7.28. The average Bonchev–Trinajstić information content (AvgIpc) is 2.55. The van der Waals surface area contributed by atoms with Gasteiger partial charge in [0.2, 0.25) is 5.78 Å². The minimum absolute atomic E-state index is 0. The van der Waals surface area contributed by atoms with Gasteiger partial charge in [-0.1, -0.05) is 0 Å². The van der Waals surface area contributed by atoms with E-state index in [4.69, 9.17) is 4.42 Å². The van der Waals surface area contributed by atoms with Gasteiger partial charge >= 0.3 is 35.5 Å². The summed E-state index contributed by atoms with van der Waals surface area (Å²) in [7, 11) is 0. The Bertz CT molecular complexity index is 292. The molecule has 0 fully saturated rings. The van der Waals surface area contributed by atoms with Crippen molar-refractivity contribution in [3.05, 3.63) is 24.2 Å². The molecular formula is C9H11NaO4. The van der Waals surface area contributed by atoms with Gasteiger partial charge in [-0.2, -0.15) is 0 Å². The van der Waals surface area contributed by atoms with E-state index in [2.05, 4.69) is 4.74 Å². The van der Waals surface area contributed by atoms with E-state index in [1.807, 2.05) is 0 Å². The Labute approximate surface area is 104 Å². The maximum atomic E-state index is 11.2. The fraction of sp³-hybridized carbons (Fsp3) is 0.333. The molecule has 1 aromatic heterocycles. The minimum atomic E-state index is -0.524. The number of rotatable bonds is 4. The van der Waals surface area contributed by atoms with Crippen molar-refractivity contribution >= 4 is 41.3 Å². The Morgan fingerprint density at radius 1 is 1.50 bits per heavy atom. The molecule has 0 saturated carbocycles. The number of carbonyl (C=O) groups is 2. The maximum absolute atomic E-state index is 11.2. The van der Waals surface area contributed by atoms with E-state index in [9.17, 15) is 9.59 Å². The van der Waals surface area contributed by atoms with Crippen molar-refractivity contribution in [3.8, 4) is 0 Å². The van der Waals surface area contributed by atoms with E-state index in [-0.39, 0.29) is 54.1 Å². The molecule has 0 atom stereocenters. The molecule has 1 rings (SSSR count). The molecule has 72 valence electrons. The molecular weight excluding hydrogens is 195 g/mol. The van der Waals surface area contributed by atoms with E-state index in [0.717, 1.165) is 0 Å². The first-order valence-corrected chi connectivity index (χ1v) is 3.96. The van der Waals surface area contributed by atoms with E-state index in [1.54, 1.807) is 13.0 Å². The molecule has 0 aliphatic heterocycles. The topological polar surface area (TPSA) is 56.5 Å². The van der Waals surface area contributed by atoms with Crippen LogP contribution in [0.2, 0.25) is 0 Å². The van der Waals surface area contributed by atoms with Crippen LogP contribution in [0.1, 0.15) is 23.9 Å². The van der Waals surface area contributed by atoms with E-state index >= 15 is 0 Å². The molecule has 1 heterocycles. The van der Waals surface area contributed by atoms with Crippen LogP contribution in [0.3, 0.4) is 0 Å². The van der Waals surface area contributed by atoms with Crippen LogP contribution in [0.4, 0.5) is 0 Å². The van der Waals surface area contributed by atoms with Gasteiger partial charge in [0.15, 0.2) is 5.76 Å². The molecule has 0 saturated heterocycles. The first kappa shape index (κ1) is 13.4. The Hall–Kier alpha value is -0.580. The predicted molar refractivity (Wildman–Crippen MR) is 51.4 cm³/mol. The van der Waals surface area contributed by atoms with Gasteiger partial charge in [-0.05, 0) is 19.1 Å². The van der Waals surface area contributed by atoms with Crippen molar-refractivity contribution < 1.29 is 18.7 Å². The van der Waals surface area contributed by atoms with Crippen LogP contribution in [-0.2, 0) is 9.53 Å². The van der Waals surface area contributed by atoms with E-state index in [0.29, 0.717) is 0 Å². The quantitative estimate of drug-likeness (QED) is 0.316. The number of esters is 1. The molecule has 0 bridgehead atoms. The Morgan fingerprint density at radius 2 is 2.21 bits per heavy atom. The van der Waals surface area contributed by atoms with Gasteiger partial charge in [0.05, 0.1) is 12.9 Å². The summed E-state index contributed by atoms with van der Waals surface area (Å²) in [6, 6.07) is 3.11.